The number of hydrazine groups is 1. The molecular formula is C5H13N3O3S. The van der Waals surface area contributed by atoms with Crippen LogP contribution in [0.15, 0.2) is 0 Å². The number of carbonyl (C=O) groups is 1. The maximum Gasteiger partial charge on any atom is 0.251 e. The molecule has 0 aromatic carbocycles. The molecule has 6 nitrogen and oxygen atoms in total. The predicted molar refractivity (Wildman–Crippen MR) is 44.4 cm³/mol. The fraction of sp³-hybridized carbons (Fsp3) is 0.800. The molecule has 0 heterocycles. The third-order valence-corrected chi connectivity index (χ3v) is 2.74. The summed E-state index contributed by atoms with van der Waals surface area (Å²) >= 11 is 0. The number of carbonyl (C=O) groups excluding carboxylic acids is 1. The Balaban J connectivity index is 4.19. The quantitative estimate of drug-likeness (QED) is 0.283. The van der Waals surface area contributed by atoms with E-state index in [0.29, 0.717) is 0 Å². The van der Waals surface area contributed by atoms with Gasteiger partial charge in [0.2, 0.25) is 10.0 Å². The van der Waals surface area contributed by atoms with Gasteiger partial charge in [0.1, 0.15) is 0 Å². The molecule has 0 spiro atoms. The van der Waals surface area contributed by atoms with Crippen LogP contribution in [0.4, 0.5) is 0 Å². The van der Waals surface area contributed by atoms with E-state index in [1.165, 1.54) is 13.8 Å². The Hall–Kier alpha value is -0.660. The summed E-state index contributed by atoms with van der Waals surface area (Å²) in [5, 5.41) is 0. The molecule has 0 aromatic heterocycles. The van der Waals surface area contributed by atoms with Gasteiger partial charge in [-0.3, -0.25) is 10.2 Å². The highest BCUT2D eigenvalue weighted by molar-refractivity contribution is 7.89. The van der Waals surface area contributed by atoms with Crippen molar-refractivity contribution >= 4 is 15.9 Å². The Morgan fingerprint density at radius 2 is 2.08 bits per heavy atom. The monoisotopic (exact) mass is 195 g/mol. The number of rotatable bonds is 4. The Morgan fingerprint density at radius 1 is 1.58 bits per heavy atom. The van der Waals surface area contributed by atoms with Crippen molar-refractivity contribution in [2.24, 2.45) is 5.84 Å². The van der Waals surface area contributed by atoms with Crippen LogP contribution in [0.2, 0.25) is 0 Å². The third kappa shape index (κ3) is 3.65. The van der Waals surface area contributed by atoms with Crippen molar-refractivity contribution < 1.29 is 13.2 Å². The molecule has 4 N–H and O–H groups in total. The molecule has 12 heavy (non-hydrogen) atoms. The molecule has 7 heteroatoms. The van der Waals surface area contributed by atoms with Gasteiger partial charge in [-0.15, -0.1) is 0 Å². The average molecular weight is 195 g/mol. The minimum Gasteiger partial charge on any atom is -0.293 e. The SMILES string of the molecule is CCS(=O)(=O)NC(C)C(=O)NN. The summed E-state index contributed by atoms with van der Waals surface area (Å²) in [4.78, 5) is 10.7. The van der Waals surface area contributed by atoms with Gasteiger partial charge in [-0.05, 0) is 13.8 Å². The number of nitrogens with one attached hydrogen (secondary N) is 2. The fourth-order valence-corrected chi connectivity index (χ4v) is 1.34. The molecule has 0 saturated carbocycles. The largest absolute Gasteiger partial charge is 0.293 e. The molecular weight excluding hydrogens is 182 g/mol. The Labute approximate surface area is 71.5 Å². The van der Waals surface area contributed by atoms with Crippen molar-refractivity contribution in [2.75, 3.05) is 5.75 Å². The van der Waals surface area contributed by atoms with Crippen molar-refractivity contribution in [1.29, 1.82) is 0 Å². The van der Waals surface area contributed by atoms with Crippen LogP contribution in [0.1, 0.15) is 13.8 Å². The highest BCUT2D eigenvalue weighted by Crippen LogP contribution is 1.88. The molecule has 72 valence electrons. The number of hydrogen-bond donors (Lipinski definition) is 3. The summed E-state index contributed by atoms with van der Waals surface area (Å²) in [6, 6.07) is -0.833. The number of hydrogen-bond acceptors (Lipinski definition) is 4. The van der Waals surface area contributed by atoms with Crippen molar-refractivity contribution in [3.63, 3.8) is 0 Å². The molecule has 1 amide bonds. The third-order valence-electron chi connectivity index (χ3n) is 1.27. The lowest BCUT2D eigenvalue weighted by atomic mass is 10.4. The van der Waals surface area contributed by atoms with E-state index in [2.05, 4.69) is 4.72 Å². The minimum atomic E-state index is -3.34. The highest BCUT2D eigenvalue weighted by atomic mass is 32.2. The first kappa shape index (κ1) is 11.3. The van der Waals surface area contributed by atoms with Crippen LogP contribution in [0.3, 0.4) is 0 Å². The van der Waals surface area contributed by atoms with E-state index >= 15 is 0 Å². The highest BCUT2D eigenvalue weighted by Gasteiger charge is 2.17. The second-order valence-corrected chi connectivity index (χ2v) is 4.29. The van der Waals surface area contributed by atoms with Gasteiger partial charge < -0.3 is 0 Å². The van der Waals surface area contributed by atoms with E-state index in [-0.39, 0.29) is 5.75 Å². The molecule has 0 bridgehead atoms. The smallest absolute Gasteiger partial charge is 0.251 e. The number of amides is 1. The van der Waals surface area contributed by atoms with Crippen LogP contribution in [-0.4, -0.2) is 26.1 Å². The molecule has 0 aromatic rings. The zero-order chi connectivity index (χ0) is 9.78. The van der Waals surface area contributed by atoms with E-state index in [1.807, 2.05) is 5.43 Å². The summed E-state index contributed by atoms with van der Waals surface area (Å²) < 4.78 is 23.9. The first-order valence-corrected chi connectivity index (χ1v) is 5.08. The van der Waals surface area contributed by atoms with Gasteiger partial charge in [0.05, 0.1) is 11.8 Å². The van der Waals surface area contributed by atoms with Gasteiger partial charge in [0.25, 0.3) is 5.91 Å². The normalized spacial score (nSPS) is 13.9. The molecule has 0 aliphatic heterocycles. The van der Waals surface area contributed by atoms with E-state index in [0.717, 1.165) is 0 Å². The van der Waals surface area contributed by atoms with Gasteiger partial charge in [-0.25, -0.2) is 19.0 Å². The van der Waals surface area contributed by atoms with Crippen LogP contribution in [0.5, 0.6) is 0 Å². The Bertz CT molecular complexity index is 249. The van der Waals surface area contributed by atoms with Crippen molar-refractivity contribution in [2.45, 2.75) is 19.9 Å². The number of sulfonamides is 1. The van der Waals surface area contributed by atoms with Gasteiger partial charge in [0, 0.05) is 0 Å². The molecule has 0 radical (unpaired) electrons. The summed E-state index contributed by atoms with van der Waals surface area (Å²) in [5.74, 6) is 4.18. The molecule has 1 atom stereocenters. The summed E-state index contributed by atoms with van der Waals surface area (Å²) in [6.45, 7) is 2.89. The van der Waals surface area contributed by atoms with Crippen molar-refractivity contribution in [3.8, 4) is 0 Å². The summed E-state index contributed by atoms with van der Waals surface area (Å²) in [5.41, 5.74) is 1.85. The van der Waals surface area contributed by atoms with Crippen LogP contribution >= 0.6 is 0 Å². The lowest BCUT2D eigenvalue weighted by Gasteiger charge is -2.10. The Kier molecular flexibility index (Phi) is 4.15. The molecule has 0 aliphatic carbocycles. The van der Waals surface area contributed by atoms with E-state index in [9.17, 15) is 13.2 Å². The predicted octanol–water partition coefficient (Wildman–Crippen LogP) is -1.70. The second kappa shape index (κ2) is 4.39. The molecule has 0 rings (SSSR count). The molecule has 0 fully saturated rings. The lowest BCUT2D eigenvalue weighted by molar-refractivity contribution is -0.122. The van der Waals surface area contributed by atoms with Crippen LogP contribution < -0.4 is 16.0 Å². The fourth-order valence-electron chi connectivity index (χ4n) is 0.531. The zero-order valence-electron chi connectivity index (χ0n) is 6.99. The first-order valence-electron chi connectivity index (χ1n) is 3.43. The summed E-state index contributed by atoms with van der Waals surface area (Å²) in [6.07, 6.45) is 0. The van der Waals surface area contributed by atoms with Gasteiger partial charge in [-0.2, -0.15) is 0 Å². The first-order chi connectivity index (χ1) is 5.43. The molecule has 1 unspecified atom stereocenters. The topological polar surface area (TPSA) is 101 Å². The molecule has 0 aliphatic rings. The number of nitrogens with two attached hydrogens (primary N) is 1. The second-order valence-electron chi connectivity index (χ2n) is 2.25. The van der Waals surface area contributed by atoms with Gasteiger partial charge in [0.15, 0.2) is 0 Å². The van der Waals surface area contributed by atoms with E-state index in [4.69, 9.17) is 5.84 Å². The van der Waals surface area contributed by atoms with Crippen molar-refractivity contribution in [3.05, 3.63) is 0 Å². The van der Waals surface area contributed by atoms with E-state index < -0.39 is 22.0 Å². The zero-order valence-corrected chi connectivity index (χ0v) is 7.81. The van der Waals surface area contributed by atoms with Gasteiger partial charge >= 0.3 is 0 Å². The standard InChI is InChI=1S/C5H13N3O3S/c1-3-12(10,11)8-4(2)5(9)7-6/h4,8H,3,6H2,1-2H3,(H,7,9). The van der Waals surface area contributed by atoms with Crippen LogP contribution in [0.25, 0.3) is 0 Å². The summed E-state index contributed by atoms with van der Waals surface area (Å²) in [7, 11) is -3.34. The maximum atomic E-state index is 10.9. The molecule has 0 saturated heterocycles. The van der Waals surface area contributed by atoms with Gasteiger partial charge in [-0.1, -0.05) is 0 Å². The van der Waals surface area contributed by atoms with Crippen LogP contribution in [0, 0.1) is 0 Å². The van der Waals surface area contributed by atoms with E-state index in [1.54, 1.807) is 0 Å². The Morgan fingerprint density at radius 3 is 2.42 bits per heavy atom. The maximum absolute atomic E-state index is 10.9. The lowest BCUT2D eigenvalue weighted by Crippen LogP contribution is -2.47. The minimum absolute atomic E-state index is 0.0603. The van der Waals surface area contributed by atoms with Crippen LogP contribution in [-0.2, 0) is 14.8 Å². The average Bonchev–Trinajstić information content (AvgIpc) is 2.02. The van der Waals surface area contributed by atoms with Crippen molar-refractivity contribution in [1.82, 2.24) is 10.1 Å².